The number of H-pyrrole nitrogens is 1. The van der Waals surface area contributed by atoms with Crippen molar-refractivity contribution >= 4 is 39.6 Å². The molecule has 2 N–H and O–H groups in total. The molecule has 15 heteroatoms. The number of rotatable bonds is 13. The molecular formula is C21H34Br2N3O9P. The third kappa shape index (κ3) is 7.81. The fourth-order valence-electron chi connectivity index (χ4n) is 3.96. The van der Waals surface area contributed by atoms with Gasteiger partial charge in [-0.1, -0.05) is 31.9 Å². The van der Waals surface area contributed by atoms with E-state index in [0.29, 0.717) is 42.3 Å². The van der Waals surface area contributed by atoms with E-state index in [4.69, 9.17) is 23.3 Å². The molecule has 0 spiro atoms. The second kappa shape index (κ2) is 13.1. The average molecular weight is 663 g/mol. The highest BCUT2D eigenvalue weighted by molar-refractivity contribution is 9.09. The summed E-state index contributed by atoms with van der Waals surface area (Å²) in [5.74, 6) is -0.665. The molecule has 2 unspecified atom stereocenters. The number of nitrogens with zero attached hydrogens (tertiary/aromatic N) is 2. The van der Waals surface area contributed by atoms with E-state index in [1.54, 1.807) is 11.6 Å². The normalized spacial score (nSPS) is 27.5. The predicted molar refractivity (Wildman–Crippen MR) is 139 cm³/mol. The topological polar surface area (TPSA) is 142 Å². The molecule has 5 atom stereocenters. The number of hydrogen-bond acceptors (Lipinski definition) is 9. The van der Waals surface area contributed by atoms with Crippen molar-refractivity contribution in [3.05, 3.63) is 32.6 Å². The number of aliphatic hydroxyl groups is 1. The molecule has 36 heavy (non-hydrogen) atoms. The Morgan fingerprint density at radius 1 is 1.28 bits per heavy atom. The Morgan fingerprint density at radius 2 is 1.97 bits per heavy atom. The SMILES string of the molecule is Cc1cn([C@H]2C[C@H](O)[C@@H](COP(=O)(OCCC3COC(C)(C)O3)N(CCBr)CCBr)O2)c(=O)[nH]c1=O. The number of nitrogens with one attached hydrogen (secondary N) is 1. The average Bonchev–Trinajstić information content (AvgIpc) is 3.35. The minimum atomic E-state index is -3.78. The molecule has 3 rings (SSSR count). The van der Waals surface area contributed by atoms with Gasteiger partial charge in [0, 0.05) is 41.9 Å². The zero-order valence-electron chi connectivity index (χ0n) is 20.6. The number of aryl methyl sites for hydroxylation is 1. The van der Waals surface area contributed by atoms with Gasteiger partial charge in [0.05, 0.1) is 32.0 Å². The summed E-state index contributed by atoms with van der Waals surface area (Å²) in [6.45, 7) is 6.36. The van der Waals surface area contributed by atoms with Crippen molar-refractivity contribution in [2.24, 2.45) is 0 Å². The lowest BCUT2D eigenvalue weighted by Gasteiger charge is -2.30. The van der Waals surface area contributed by atoms with Gasteiger partial charge < -0.3 is 19.3 Å². The van der Waals surface area contributed by atoms with Gasteiger partial charge >= 0.3 is 13.4 Å². The second-order valence-electron chi connectivity index (χ2n) is 9.08. The second-order valence-corrected chi connectivity index (χ2v) is 12.7. The molecular weight excluding hydrogens is 629 g/mol. The summed E-state index contributed by atoms with van der Waals surface area (Å²) in [7, 11) is -3.78. The van der Waals surface area contributed by atoms with E-state index >= 15 is 0 Å². The molecule has 2 fully saturated rings. The van der Waals surface area contributed by atoms with E-state index in [1.165, 1.54) is 10.8 Å². The smallest absolute Gasteiger partial charge is 0.390 e. The Hall–Kier alpha value is -0.410. The molecule has 0 radical (unpaired) electrons. The number of aliphatic hydroxyl groups excluding tert-OH is 1. The van der Waals surface area contributed by atoms with Crippen LogP contribution in [0.5, 0.6) is 0 Å². The lowest BCUT2D eigenvalue weighted by molar-refractivity contribution is -0.139. The summed E-state index contributed by atoms with van der Waals surface area (Å²) in [5.41, 5.74) is -0.782. The molecule has 0 aliphatic carbocycles. The quantitative estimate of drug-likeness (QED) is 0.239. The summed E-state index contributed by atoms with van der Waals surface area (Å²) >= 11 is 6.75. The van der Waals surface area contributed by atoms with Crippen molar-refractivity contribution in [1.29, 1.82) is 0 Å². The summed E-state index contributed by atoms with van der Waals surface area (Å²) in [6, 6.07) is 0. The number of ether oxygens (including phenoxy) is 3. The van der Waals surface area contributed by atoms with Crippen LogP contribution in [0.2, 0.25) is 0 Å². The van der Waals surface area contributed by atoms with Crippen LogP contribution in [-0.4, -0.2) is 87.0 Å². The first-order valence-corrected chi connectivity index (χ1v) is 15.5. The molecule has 0 aromatic carbocycles. The Bertz CT molecular complexity index is 1030. The van der Waals surface area contributed by atoms with Crippen molar-refractivity contribution in [2.45, 2.75) is 63.9 Å². The first-order chi connectivity index (χ1) is 17.0. The van der Waals surface area contributed by atoms with E-state index in [1.807, 2.05) is 13.8 Å². The van der Waals surface area contributed by atoms with Crippen LogP contribution in [0.4, 0.5) is 0 Å². The monoisotopic (exact) mass is 661 g/mol. The highest BCUT2D eigenvalue weighted by Gasteiger charge is 2.40. The van der Waals surface area contributed by atoms with Crippen LogP contribution in [0.15, 0.2) is 15.8 Å². The van der Waals surface area contributed by atoms with Gasteiger partial charge in [0.25, 0.3) is 5.56 Å². The van der Waals surface area contributed by atoms with E-state index < -0.39 is 43.2 Å². The van der Waals surface area contributed by atoms with E-state index in [0.717, 1.165) is 0 Å². The summed E-state index contributed by atoms with van der Waals surface area (Å²) < 4.78 is 45.6. The zero-order valence-corrected chi connectivity index (χ0v) is 24.6. The van der Waals surface area contributed by atoms with Gasteiger partial charge in [-0.25, -0.2) is 14.0 Å². The summed E-state index contributed by atoms with van der Waals surface area (Å²) in [5, 5.41) is 11.7. The van der Waals surface area contributed by atoms with Gasteiger partial charge in [0.15, 0.2) is 5.79 Å². The Balaban J connectivity index is 1.66. The lowest BCUT2D eigenvalue weighted by Crippen LogP contribution is -2.34. The van der Waals surface area contributed by atoms with E-state index in [-0.39, 0.29) is 25.7 Å². The maximum absolute atomic E-state index is 13.9. The van der Waals surface area contributed by atoms with Crippen LogP contribution < -0.4 is 11.2 Å². The summed E-state index contributed by atoms with van der Waals surface area (Å²) in [4.78, 5) is 26.1. The Kier molecular flexibility index (Phi) is 11.0. The van der Waals surface area contributed by atoms with Gasteiger partial charge in [-0.15, -0.1) is 0 Å². The molecule has 2 saturated heterocycles. The van der Waals surface area contributed by atoms with E-state index in [9.17, 15) is 19.3 Å². The maximum atomic E-state index is 13.9. The van der Waals surface area contributed by atoms with Gasteiger partial charge in [0.1, 0.15) is 12.3 Å². The minimum Gasteiger partial charge on any atom is -0.390 e. The van der Waals surface area contributed by atoms with Crippen LogP contribution in [0, 0.1) is 6.92 Å². The zero-order chi connectivity index (χ0) is 26.5. The highest BCUT2D eigenvalue weighted by Crippen LogP contribution is 2.52. The Morgan fingerprint density at radius 3 is 2.58 bits per heavy atom. The van der Waals surface area contributed by atoms with Crippen LogP contribution in [0.25, 0.3) is 0 Å². The number of aromatic nitrogens is 2. The summed E-state index contributed by atoms with van der Waals surface area (Å²) in [6.07, 6.45) is -0.865. The molecule has 3 heterocycles. The van der Waals surface area contributed by atoms with Crippen LogP contribution in [0.3, 0.4) is 0 Å². The molecule has 0 bridgehead atoms. The minimum absolute atomic E-state index is 0.103. The number of hydrogen-bond donors (Lipinski definition) is 2. The van der Waals surface area contributed by atoms with Gasteiger partial charge in [0.2, 0.25) is 0 Å². The first-order valence-electron chi connectivity index (χ1n) is 11.7. The fraction of sp³-hybridized carbons (Fsp3) is 0.810. The van der Waals surface area contributed by atoms with Crippen molar-refractivity contribution in [3.63, 3.8) is 0 Å². The van der Waals surface area contributed by atoms with Gasteiger partial charge in [-0.2, -0.15) is 0 Å². The number of halogens is 2. The molecule has 1 aromatic rings. The standard InChI is InChI=1S/C21H34Br2N3O9P/c1-14-11-26(20(29)24-19(14)28)18-10-16(27)17(34-18)13-33-36(30,25(7-5-22)8-6-23)32-9-4-15-12-31-21(2,3)35-15/h11,15-18,27H,4-10,12-13H2,1-3H3,(H,24,28,29)/t15?,16-,17+,18+,36?/m0/s1. The highest BCUT2D eigenvalue weighted by atomic mass is 79.9. The number of alkyl halides is 2. The Labute approximate surface area is 226 Å². The number of aromatic amines is 1. The van der Waals surface area contributed by atoms with Crippen LogP contribution in [-0.2, 0) is 27.8 Å². The predicted octanol–water partition coefficient (Wildman–Crippen LogP) is 2.27. The molecule has 2 aliphatic rings. The van der Waals surface area contributed by atoms with E-state index in [2.05, 4.69) is 36.8 Å². The van der Waals surface area contributed by atoms with Crippen molar-refractivity contribution in [2.75, 3.05) is 43.6 Å². The van der Waals surface area contributed by atoms with Crippen LogP contribution in [0.1, 0.15) is 38.5 Å². The third-order valence-corrected chi connectivity index (χ3v) is 8.64. The largest absolute Gasteiger partial charge is 0.408 e. The van der Waals surface area contributed by atoms with Crippen molar-refractivity contribution in [1.82, 2.24) is 14.2 Å². The first kappa shape index (κ1) is 30.1. The lowest BCUT2D eigenvalue weighted by atomic mass is 10.2. The molecule has 1 aromatic heterocycles. The fourth-order valence-corrected chi connectivity index (χ4v) is 7.13. The molecule has 0 amide bonds. The van der Waals surface area contributed by atoms with Crippen molar-refractivity contribution in [3.8, 4) is 0 Å². The molecule has 206 valence electrons. The molecule has 12 nitrogen and oxygen atoms in total. The molecule has 0 saturated carbocycles. The van der Waals surface area contributed by atoms with Crippen molar-refractivity contribution < 1.29 is 32.9 Å². The van der Waals surface area contributed by atoms with Crippen LogP contribution >= 0.6 is 39.6 Å². The van der Waals surface area contributed by atoms with Gasteiger partial charge in [-0.05, 0) is 27.2 Å². The third-order valence-electron chi connectivity index (χ3n) is 5.86. The van der Waals surface area contributed by atoms with Gasteiger partial charge in [-0.3, -0.25) is 23.4 Å². The maximum Gasteiger partial charge on any atom is 0.408 e. The molecule has 2 aliphatic heterocycles.